The molecule has 130 valence electrons. The molecule has 0 spiro atoms. The highest BCUT2D eigenvalue weighted by Crippen LogP contribution is 2.25. The lowest BCUT2D eigenvalue weighted by molar-refractivity contribution is 0.440. The van der Waals surface area contributed by atoms with Crippen LogP contribution in [0.3, 0.4) is 0 Å². The van der Waals surface area contributed by atoms with Crippen LogP contribution in [0.15, 0.2) is 42.7 Å². The van der Waals surface area contributed by atoms with Gasteiger partial charge in [-0.15, -0.1) is 5.10 Å². The lowest BCUT2D eigenvalue weighted by Crippen LogP contribution is -2.07. The molecule has 0 aliphatic heterocycles. The number of nitrogens with one attached hydrogen (secondary N) is 1. The number of hydrogen-bond donors (Lipinski definition) is 1. The highest BCUT2D eigenvalue weighted by atomic mass is 19.1. The molecule has 0 radical (unpaired) electrons. The average molecular weight is 349 g/mol. The summed E-state index contributed by atoms with van der Waals surface area (Å²) in [6, 6.07) is 10.2. The van der Waals surface area contributed by atoms with Crippen molar-refractivity contribution in [2.45, 2.75) is 20.4 Å². The first-order valence-electron chi connectivity index (χ1n) is 7.92. The molecule has 1 N–H and O–H groups in total. The van der Waals surface area contributed by atoms with Gasteiger partial charge in [0.05, 0.1) is 11.9 Å². The van der Waals surface area contributed by atoms with E-state index in [1.807, 2.05) is 6.92 Å². The molecule has 6 nitrogen and oxygen atoms in total. The van der Waals surface area contributed by atoms with E-state index in [9.17, 15) is 9.65 Å². The number of pyridine rings is 1. The Labute approximate surface area is 150 Å². The summed E-state index contributed by atoms with van der Waals surface area (Å²) >= 11 is 0. The van der Waals surface area contributed by atoms with Crippen LogP contribution >= 0.6 is 0 Å². The Morgan fingerprint density at radius 1 is 1.23 bits per heavy atom. The first kappa shape index (κ1) is 17.3. The Morgan fingerprint density at radius 3 is 2.77 bits per heavy atom. The van der Waals surface area contributed by atoms with Crippen molar-refractivity contribution in [1.82, 2.24) is 15.2 Å². The number of hydrogen-bond acceptors (Lipinski definition) is 6. The summed E-state index contributed by atoms with van der Waals surface area (Å²) in [5, 5.41) is 20.4. The molecule has 0 fully saturated rings. The monoisotopic (exact) mass is 349 g/mol. The Hall–Kier alpha value is -3.53. The van der Waals surface area contributed by atoms with E-state index < -0.39 is 5.82 Å². The van der Waals surface area contributed by atoms with Gasteiger partial charge in [0, 0.05) is 12.7 Å². The van der Waals surface area contributed by atoms with E-state index in [2.05, 4.69) is 26.6 Å². The topological polar surface area (TPSA) is 83.7 Å². The summed E-state index contributed by atoms with van der Waals surface area (Å²) in [7, 11) is 0. The molecule has 7 heteroatoms. The van der Waals surface area contributed by atoms with Gasteiger partial charge in [0.2, 0.25) is 0 Å². The highest BCUT2D eigenvalue weighted by molar-refractivity contribution is 5.56. The summed E-state index contributed by atoms with van der Waals surface area (Å²) in [6.45, 7) is 3.91. The second-order valence-corrected chi connectivity index (χ2v) is 5.65. The summed E-state index contributed by atoms with van der Waals surface area (Å²) in [4.78, 5) is 3.92. The number of anilines is 1. The van der Waals surface area contributed by atoms with Crippen molar-refractivity contribution in [2.75, 3.05) is 5.32 Å². The maximum absolute atomic E-state index is 14.3. The maximum Gasteiger partial charge on any atom is 0.167 e. The number of rotatable bonds is 5. The molecule has 0 bridgehead atoms. The van der Waals surface area contributed by atoms with E-state index in [0.717, 1.165) is 5.56 Å². The SMILES string of the molecule is Cc1nnc(NCc2ccc(Oc3cccnc3)c(F)c2)c(C#N)c1C. The van der Waals surface area contributed by atoms with E-state index in [0.29, 0.717) is 34.9 Å². The summed E-state index contributed by atoms with van der Waals surface area (Å²) in [6.07, 6.45) is 3.12. The van der Waals surface area contributed by atoms with Crippen molar-refractivity contribution >= 4 is 5.82 Å². The number of aryl methyl sites for hydroxylation is 1. The zero-order chi connectivity index (χ0) is 18.5. The van der Waals surface area contributed by atoms with E-state index in [1.54, 1.807) is 37.4 Å². The van der Waals surface area contributed by atoms with Crippen molar-refractivity contribution < 1.29 is 9.13 Å². The van der Waals surface area contributed by atoms with Crippen molar-refractivity contribution in [2.24, 2.45) is 0 Å². The summed E-state index contributed by atoms with van der Waals surface area (Å²) in [5.41, 5.74) is 2.60. The quantitative estimate of drug-likeness (QED) is 0.752. The Kier molecular flexibility index (Phi) is 5.04. The molecule has 1 aromatic carbocycles. The van der Waals surface area contributed by atoms with Crippen LogP contribution in [-0.4, -0.2) is 15.2 Å². The Morgan fingerprint density at radius 2 is 2.08 bits per heavy atom. The molecule has 0 atom stereocenters. The third kappa shape index (κ3) is 3.75. The molecule has 0 saturated heterocycles. The predicted octanol–water partition coefficient (Wildman–Crippen LogP) is 3.90. The minimum atomic E-state index is -0.486. The van der Waals surface area contributed by atoms with Crippen LogP contribution in [0.25, 0.3) is 0 Å². The van der Waals surface area contributed by atoms with Gasteiger partial charge in [-0.25, -0.2) is 4.39 Å². The second-order valence-electron chi connectivity index (χ2n) is 5.65. The number of aromatic nitrogens is 3. The van der Waals surface area contributed by atoms with Crippen molar-refractivity contribution in [3.63, 3.8) is 0 Å². The molecule has 2 heterocycles. The number of nitriles is 1. The van der Waals surface area contributed by atoms with Gasteiger partial charge in [0.15, 0.2) is 17.4 Å². The third-order valence-corrected chi connectivity index (χ3v) is 3.88. The van der Waals surface area contributed by atoms with Gasteiger partial charge in [-0.2, -0.15) is 10.4 Å². The highest BCUT2D eigenvalue weighted by Gasteiger charge is 2.11. The Balaban J connectivity index is 1.73. The molecule has 0 amide bonds. The van der Waals surface area contributed by atoms with Crippen molar-refractivity contribution in [3.8, 4) is 17.6 Å². The van der Waals surface area contributed by atoms with E-state index >= 15 is 0 Å². The molecule has 2 aromatic heterocycles. The van der Waals surface area contributed by atoms with Crippen LogP contribution in [0.1, 0.15) is 22.4 Å². The molecular formula is C19H16FN5O. The molecule has 0 aliphatic rings. The van der Waals surface area contributed by atoms with Crippen LogP contribution in [0.5, 0.6) is 11.5 Å². The van der Waals surface area contributed by atoms with E-state index in [-0.39, 0.29) is 5.75 Å². The molecular weight excluding hydrogens is 333 g/mol. The number of benzene rings is 1. The first-order valence-corrected chi connectivity index (χ1v) is 7.92. The van der Waals surface area contributed by atoms with Gasteiger partial charge in [-0.1, -0.05) is 6.07 Å². The van der Waals surface area contributed by atoms with Gasteiger partial charge in [0.25, 0.3) is 0 Å². The van der Waals surface area contributed by atoms with Gasteiger partial charge in [-0.3, -0.25) is 4.98 Å². The zero-order valence-corrected chi connectivity index (χ0v) is 14.3. The standard InChI is InChI=1S/C19H16FN5O/c1-12-13(2)24-25-19(16(12)9-21)23-10-14-5-6-18(17(20)8-14)26-15-4-3-7-22-11-15/h3-8,11H,10H2,1-2H3,(H,23,25). The van der Waals surface area contributed by atoms with Gasteiger partial charge in [-0.05, 0) is 49.2 Å². The van der Waals surface area contributed by atoms with E-state index in [1.165, 1.54) is 12.3 Å². The van der Waals surface area contributed by atoms with E-state index in [4.69, 9.17) is 4.74 Å². The number of nitrogens with zero attached hydrogens (tertiary/aromatic N) is 4. The first-order chi connectivity index (χ1) is 12.6. The molecule has 3 aromatic rings. The van der Waals surface area contributed by atoms with Gasteiger partial charge in [0.1, 0.15) is 17.4 Å². The van der Waals surface area contributed by atoms with Gasteiger partial charge >= 0.3 is 0 Å². The zero-order valence-electron chi connectivity index (χ0n) is 14.3. The largest absolute Gasteiger partial charge is 0.453 e. The Bertz CT molecular complexity index is 970. The fraction of sp³-hybridized carbons (Fsp3) is 0.158. The van der Waals surface area contributed by atoms with Gasteiger partial charge < -0.3 is 10.1 Å². The minimum absolute atomic E-state index is 0.116. The van der Waals surface area contributed by atoms with Crippen LogP contribution < -0.4 is 10.1 Å². The van der Waals surface area contributed by atoms with Crippen LogP contribution in [0, 0.1) is 31.0 Å². The summed E-state index contributed by atoms with van der Waals surface area (Å²) in [5.74, 6) is 0.471. The fourth-order valence-electron chi connectivity index (χ4n) is 2.33. The van der Waals surface area contributed by atoms with Crippen LogP contribution in [0.4, 0.5) is 10.2 Å². The number of ether oxygens (including phenoxy) is 1. The average Bonchev–Trinajstić information content (AvgIpc) is 2.65. The predicted molar refractivity (Wildman–Crippen MR) is 94.3 cm³/mol. The third-order valence-electron chi connectivity index (χ3n) is 3.88. The maximum atomic E-state index is 14.3. The smallest absolute Gasteiger partial charge is 0.167 e. The number of halogens is 1. The molecule has 0 aliphatic carbocycles. The lowest BCUT2D eigenvalue weighted by Gasteiger charge is -2.11. The van der Waals surface area contributed by atoms with Crippen molar-refractivity contribution in [1.29, 1.82) is 5.26 Å². The molecule has 0 saturated carbocycles. The minimum Gasteiger partial charge on any atom is -0.453 e. The summed E-state index contributed by atoms with van der Waals surface area (Å²) < 4.78 is 19.7. The normalized spacial score (nSPS) is 10.2. The second kappa shape index (κ2) is 7.57. The molecule has 3 rings (SSSR count). The van der Waals surface area contributed by atoms with Crippen LogP contribution in [0.2, 0.25) is 0 Å². The lowest BCUT2D eigenvalue weighted by atomic mass is 10.1. The van der Waals surface area contributed by atoms with Crippen molar-refractivity contribution in [3.05, 3.63) is 70.9 Å². The molecule has 26 heavy (non-hydrogen) atoms. The fourth-order valence-corrected chi connectivity index (χ4v) is 2.33. The molecule has 0 unspecified atom stereocenters. The van der Waals surface area contributed by atoms with Crippen LogP contribution in [-0.2, 0) is 6.54 Å².